The summed E-state index contributed by atoms with van der Waals surface area (Å²) in [5.41, 5.74) is 3.69. The molecule has 4 heterocycles. The molecule has 1 fully saturated rings. The lowest BCUT2D eigenvalue weighted by Gasteiger charge is -2.34. The average molecular weight is 554 g/mol. The van der Waals surface area contributed by atoms with E-state index in [1.807, 2.05) is 59.3 Å². The van der Waals surface area contributed by atoms with Crippen LogP contribution in [0, 0.1) is 0 Å². The van der Waals surface area contributed by atoms with Crippen molar-refractivity contribution in [3.8, 4) is 11.3 Å². The maximum absolute atomic E-state index is 13.7. The number of benzene rings is 2. The summed E-state index contributed by atoms with van der Waals surface area (Å²) in [6.45, 7) is 1.28. The summed E-state index contributed by atoms with van der Waals surface area (Å²) in [6, 6.07) is 20.9. The van der Waals surface area contributed by atoms with Gasteiger partial charge in [-0.3, -0.25) is 19.6 Å². The predicted octanol–water partition coefficient (Wildman–Crippen LogP) is 6.03. The van der Waals surface area contributed by atoms with Crippen LogP contribution in [0.5, 0.6) is 0 Å². The molecule has 1 N–H and O–H groups in total. The molecule has 7 rings (SSSR count). The van der Waals surface area contributed by atoms with Gasteiger partial charge in [-0.25, -0.2) is 18.5 Å². The second-order valence-corrected chi connectivity index (χ2v) is 10.9. The number of carbonyl (C=O) groups is 1. The minimum atomic E-state index is -2.93. The van der Waals surface area contributed by atoms with Gasteiger partial charge in [0.1, 0.15) is 11.4 Å². The monoisotopic (exact) mass is 553 g/mol. The van der Waals surface area contributed by atoms with Crippen molar-refractivity contribution in [3.63, 3.8) is 0 Å². The van der Waals surface area contributed by atoms with Crippen LogP contribution in [0.2, 0.25) is 0 Å². The van der Waals surface area contributed by atoms with Crippen LogP contribution in [0.25, 0.3) is 11.3 Å². The zero-order chi connectivity index (χ0) is 28.3. The minimum absolute atomic E-state index is 0.116. The van der Waals surface area contributed by atoms with Gasteiger partial charge in [-0.05, 0) is 49.1 Å². The van der Waals surface area contributed by atoms with Crippen molar-refractivity contribution in [3.05, 3.63) is 89.6 Å². The lowest BCUT2D eigenvalue weighted by Crippen LogP contribution is -2.51. The number of hydrogen-bond acceptors (Lipinski definition) is 6. The molecule has 4 aromatic rings. The zero-order valence-corrected chi connectivity index (χ0v) is 22.8. The lowest BCUT2D eigenvalue weighted by atomic mass is 10.1. The van der Waals surface area contributed by atoms with Crippen LogP contribution in [0.1, 0.15) is 47.7 Å². The Hall–Kier alpha value is -4.60. The van der Waals surface area contributed by atoms with Crippen molar-refractivity contribution in [1.82, 2.24) is 19.7 Å². The molecule has 2 aliphatic heterocycles. The van der Waals surface area contributed by atoms with Crippen molar-refractivity contribution in [1.29, 1.82) is 0 Å². The molecule has 1 saturated carbocycles. The first-order chi connectivity index (χ1) is 19.8. The van der Waals surface area contributed by atoms with Gasteiger partial charge >= 0.3 is 0 Å². The molecule has 1 amide bonds. The van der Waals surface area contributed by atoms with Crippen LogP contribution in [0.15, 0.2) is 77.9 Å². The number of rotatable bonds is 6. The quantitative estimate of drug-likeness (QED) is 0.315. The number of nitrogens with one attached hydrogen (secondary N) is 1. The number of anilines is 3. The summed E-state index contributed by atoms with van der Waals surface area (Å²) in [5.74, 6) is -1.11. The maximum atomic E-state index is 13.7. The summed E-state index contributed by atoms with van der Waals surface area (Å²) in [4.78, 5) is 26.6. The molecule has 208 valence electrons. The van der Waals surface area contributed by atoms with Crippen LogP contribution in [0.3, 0.4) is 0 Å². The van der Waals surface area contributed by atoms with E-state index in [0.717, 1.165) is 43.0 Å². The SMILES string of the molecule is CN1C(=O)c2c(nn(Cc3ccc(-c4ccc(C(C)(F)F)cn4)cc3)c2Nc2ccccc2)N2C1=N[C@@H]1CCC[C@@H]12. The Balaban J connectivity index is 1.24. The highest BCUT2D eigenvalue weighted by Gasteiger charge is 2.49. The van der Waals surface area contributed by atoms with Gasteiger partial charge in [-0.2, -0.15) is 5.10 Å². The topological polar surface area (TPSA) is 78.7 Å². The van der Waals surface area contributed by atoms with Gasteiger partial charge in [0.25, 0.3) is 11.8 Å². The number of alkyl halides is 2. The summed E-state index contributed by atoms with van der Waals surface area (Å²) in [7, 11) is 1.78. The third kappa shape index (κ3) is 4.34. The number of carbonyl (C=O) groups excluding carboxylic acids is 1. The molecule has 2 atom stereocenters. The van der Waals surface area contributed by atoms with Gasteiger partial charge in [-0.1, -0.05) is 42.5 Å². The third-order valence-corrected chi connectivity index (χ3v) is 8.14. The second kappa shape index (κ2) is 9.50. The van der Waals surface area contributed by atoms with E-state index in [1.54, 1.807) is 18.0 Å². The molecule has 0 saturated heterocycles. The van der Waals surface area contributed by atoms with E-state index in [4.69, 9.17) is 10.1 Å². The Morgan fingerprint density at radius 3 is 2.51 bits per heavy atom. The van der Waals surface area contributed by atoms with E-state index in [1.165, 1.54) is 12.3 Å². The third-order valence-electron chi connectivity index (χ3n) is 8.14. The van der Waals surface area contributed by atoms with Gasteiger partial charge < -0.3 is 5.32 Å². The number of halogens is 2. The molecule has 3 aliphatic rings. The molecular formula is C31H29F2N7O. The Kier molecular flexibility index (Phi) is 5.88. The molecule has 2 aromatic carbocycles. The number of nitrogens with zero attached hydrogens (tertiary/aromatic N) is 6. The Morgan fingerprint density at radius 1 is 1.02 bits per heavy atom. The zero-order valence-electron chi connectivity index (χ0n) is 22.8. The van der Waals surface area contributed by atoms with E-state index < -0.39 is 5.92 Å². The highest BCUT2D eigenvalue weighted by atomic mass is 19.3. The van der Waals surface area contributed by atoms with Crippen molar-refractivity contribution in [2.45, 2.75) is 50.7 Å². The Bertz CT molecular complexity index is 1640. The maximum Gasteiger partial charge on any atom is 0.272 e. The first kappa shape index (κ1) is 25.4. The normalized spacial score (nSPS) is 19.6. The number of pyridine rings is 1. The molecule has 41 heavy (non-hydrogen) atoms. The molecule has 8 nitrogen and oxygen atoms in total. The number of hydrogen-bond donors (Lipinski definition) is 1. The van der Waals surface area contributed by atoms with Crippen LogP contribution in [-0.2, 0) is 12.5 Å². The summed E-state index contributed by atoms with van der Waals surface area (Å²) < 4.78 is 29.0. The number of guanidine groups is 1. The van der Waals surface area contributed by atoms with Gasteiger partial charge in [0.15, 0.2) is 5.82 Å². The van der Waals surface area contributed by atoms with E-state index in [-0.39, 0.29) is 23.6 Å². The predicted molar refractivity (Wildman–Crippen MR) is 154 cm³/mol. The van der Waals surface area contributed by atoms with Crippen LogP contribution in [0.4, 0.5) is 26.1 Å². The Morgan fingerprint density at radius 2 is 1.80 bits per heavy atom. The summed E-state index contributed by atoms with van der Waals surface area (Å²) >= 11 is 0. The van der Waals surface area contributed by atoms with Crippen molar-refractivity contribution in [2.24, 2.45) is 4.99 Å². The first-order valence-corrected chi connectivity index (χ1v) is 13.8. The fraction of sp³-hybridized carbons (Fsp3) is 0.290. The van der Waals surface area contributed by atoms with Crippen molar-refractivity contribution >= 4 is 29.2 Å². The Labute approximate surface area is 236 Å². The number of fused-ring (bicyclic) bond motifs is 5. The number of aromatic nitrogens is 3. The molecule has 0 spiro atoms. The van der Waals surface area contributed by atoms with E-state index >= 15 is 0 Å². The van der Waals surface area contributed by atoms with Gasteiger partial charge in [0.2, 0.25) is 5.96 Å². The number of para-hydroxylation sites is 1. The largest absolute Gasteiger partial charge is 0.340 e. The fourth-order valence-electron chi connectivity index (χ4n) is 5.98. The van der Waals surface area contributed by atoms with E-state index in [9.17, 15) is 13.6 Å². The average Bonchev–Trinajstić information content (AvgIpc) is 3.66. The van der Waals surface area contributed by atoms with Crippen LogP contribution >= 0.6 is 0 Å². The second-order valence-electron chi connectivity index (χ2n) is 10.9. The van der Waals surface area contributed by atoms with Crippen LogP contribution < -0.4 is 10.2 Å². The molecular weight excluding hydrogens is 524 g/mol. The highest BCUT2D eigenvalue weighted by molar-refractivity contribution is 6.21. The molecule has 0 unspecified atom stereocenters. The number of aliphatic imine (C=N–C) groups is 1. The molecule has 0 radical (unpaired) electrons. The molecule has 2 aromatic heterocycles. The van der Waals surface area contributed by atoms with E-state index in [0.29, 0.717) is 35.4 Å². The van der Waals surface area contributed by atoms with Crippen LogP contribution in [-0.4, -0.2) is 50.7 Å². The summed E-state index contributed by atoms with van der Waals surface area (Å²) in [6.07, 6.45) is 4.36. The minimum Gasteiger partial charge on any atom is -0.340 e. The van der Waals surface area contributed by atoms with Gasteiger partial charge in [0, 0.05) is 37.0 Å². The molecule has 10 heteroatoms. The standard InChI is InChI=1S/C31H29F2N7O/c1-31(32,33)21-15-16-23(34-17-21)20-13-11-19(12-14-20)18-39-27(35-22-7-4-3-5-8-22)26-28(37-39)40-25-10-6-9-24(25)36-30(40)38(2)29(26)41/h3-5,7-8,11-17,24-25,35H,6,9-10,18H2,1-2H3/t24-,25+/m1/s1. The number of amides is 1. The van der Waals surface area contributed by atoms with Gasteiger partial charge in [0.05, 0.1) is 24.3 Å². The van der Waals surface area contributed by atoms with Crippen molar-refractivity contribution in [2.75, 3.05) is 17.3 Å². The van der Waals surface area contributed by atoms with Gasteiger partial charge in [-0.15, -0.1) is 0 Å². The summed E-state index contributed by atoms with van der Waals surface area (Å²) in [5, 5.41) is 8.47. The smallest absolute Gasteiger partial charge is 0.272 e. The first-order valence-electron chi connectivity index (χ1n) is 13.8. The van der Waals surface area contributed by atoms with E-state index in [2.05, 4.69) is 15.2 Å². The van der Waals surface area contributed by atoms with Crippen molar-refractivity contribution < 1.29 is 13.6 Å². The molecule has 0 bridgehead atoms. The molecule has 1 aliphatic carbocycles. The highest BCUT2D eigenvalue weighted by Crippen LogP contribution is 2.43. The lowest BCUT2D eigenvalue weighted by molar-refractivity contribution is 0.0171. The fourth-order valence-corrected chi connectivity index (χ4v) is 5.98.